The van der Waals surface area contributed by atoms with E-state index >= 15 is 0 Å². The van der Waals surface area contributed by atoms with Crippen molar-refractivity contribution < 1.29 is 23.9 Å². The molecule has 0 saturated heterocycles. The van der Waals surface area contributed by atoms with E-state index in [1.165, 1.54) is 12.4 Å². The smallest absolute Gasteiger partial charge is 0.407 e. The lowest BCUT2D eigenvalue weighted by molar-refractivity contribution is -0.125. The average Bonchev–Trinajstić information content (AvgIpc) is 2.84. The van der Waals surface area contributed by atoms with Crippen molar-refractivity contribution in [1.29, 1.82) is 0 Å². The molecule has 4 N–H and O–H groups in total. The molecular formula is C26H36N6O5. The van der Waals surface area contributed by atoms with E-state index in [2.05, 4.69) is 31.2 Å². The molecule has 0 aliphatic heterocycles. The van der Waals surface area contributed by atoms with Crippen LogP contribution in [0.2, 0.25) is 0 Å². The zero-order valence-electron chi connectivity index (χ0n) is 21.9. The molecule has 0 spiro atoms. The summed E-state index contributed by atoms with van der Waals surface area (Å²) in [6.07, 6.45) is 5.92. The minimum atomic E-state index is -0.743. The van der Waals surface area contributed by atoms with Gasteiger partial charge in [-0.3, -0.25) is 24.4 Å². The molecule has 0 aliphatic carbocycles. The first-order valence-corrected chi connectivity index (χ1v) is 12.1. The molecule has 0 radical (unpaired) electrons. The molecular weight excluding hydrogens is 476 g/mol. The van der Waals surface area contributed by atoms with Gasteiger partial charge in [-0.2, -0.15) is 0 Å². The number of nitrogens with one attached hydrogen (secondary N) is 4. The molecule has 0 fully saturated rings. The summed E-state index contributed by atoms with van der Waals surface area (Å²) in [7, 11) is 0. The van der Waals surface area contributed by atoms with Crippen molar-refractivity contribution in [3.05, 3.63) is 60.2 Å². The first-order chi connectivity index (χ1) is 17.5. The van der Waals surface area contributed by atoms with Crippen LogP contribution in [0.4, 0.5) is 4.79 Å². The second-order valence-electron chi connectivity index (χ2n) is 9.76. The summed E-state index contributed by atoms with van der Waals surface area (Å²) in [5.74, 6) is -1.22. The summed E-state index contributed by atoms with van der Waals surface area (Å²) >= 11 is 0. The molecule has 0 aliphatic rings. The van der Waals surface area contributed by atoms with Crippen molar-refractivity contribution >= 4 is 23.8 Å². The number of ether oxygens (including phenoxy) is 1. The Morgan fingerprint density at radius 1 is 0.919 bits per heavy atom. The Morgan fingerprint density at radius 3 is 2.11 bits per heavy atom. The van der Waals surface area contributed by atoms with Crippen LogP contribution in [0.3, 0.4) is 0 Å². The van der Waals surface area contributed by atoms with Crippen LogP contribution >= 0.6 is 0 Å². The molecule has 200 valence electrons. The summed E-state index contributed by atoms with van der Waals surface area (Å²) in [5.41, 5.74) is 0.512. The highest BCUT2D eigenvalue weighted by atomic mass is 16.5. The quantitative estimate of drug-likeness (QED) is 0.339. The Bertz CT molecular complexity index is 1050. The first-order valence-electron chi connectivity index (χ1n) is 12.1. The van der Waals surface area contributed by atoms with Gasteiger partial charge in [0, 0.05) is 41.9 Å². The van der Waals surface area contributed by atoms with Gasteiger partial charge in [0.25, 0.3) is 5.91 Å². The van der Waals surface area contributed by atoms with Crippen LogP contribution in [-0.4, -0.2) is 58.0 Å². The molecule has 2 heterocycles. The van der Waals surface area contributed by atoms with E-state index in [0.29, 0.717) is 12.0 Å². The van der Waals surface area contributed by atoms with Crippen LogP contribution in [-0.2, 0) is 20.9 Å². The fourth-order valence-electron chi connectivity index (χ4n) is 3.70. The summed E-state index contributed by atoms with van der Waals surface area (Å²) in [6.45, 7) is 9.00. The van der Waals surface area contributed by atoms with Gasteiger partial charge >= 0.3 is 6.09 Å². The molecule has 2 aromatic heterocycles. The number of nitrogens with zero attached hydrogens (tertiary/aromatic N) is 2. The van der Waals surface area contributed by atoms with E-state index in [1.54, 1.807) is 43.6 Å². The lowest BCUT2D eigenvalue weighted by atomic mass is 9.94. The maximum atomic E-state index is 13.0. The van der Waals surface area contributed by atoms with Gasteiger partial charge in [0.1, 0.15) is 19.2 Å². The van der Waals surface area contributed by atoms with Gasteiger partial charge in [-0.15, -0.1) is 0 Å². The van der Waals surface area contributed by atoms with E-state index < -0.39 is 17.7 Å². The molecule has 2 unspecified atom stereocenters. The summed E-state index contributed by atoms with van der Waals surface area (Å²) in [6, 6.07) is 5.55. The topological polar surface area (TPSA) is 151 Å². The maximum Gasteiger partial charge on any atom is 0.407 e. The van der Waals surface area contributed by atoms with Gasteiger partial charge in [-0.25, -0.2) is 4.79 Å². The normalized spacial score (nSPS) is 12.7. The third-order valence-electron chi connectivity index (χ3n) is 5.38. The van der Waals surface area contributed by atoms with Gasteiger partial charge in [0.05, 0.1) is 0 Å². The summed E-state index contributed by atoms with van der Waals surface area (Å²) in [5, 5.41) is 11.0. The number of pyridine rings is 2. The number of aromatic nitrogens is 2. The second-order valence-corrected chi connectivity index (χ2v) is 9.76. The van der Waals surface area contributed by atoms with E-state index in [9.17, 15) is 19.2 Å². The highest BCUT2D eigenvalue weighted by Crippen LogP contribution is 2.14. The van der Waals surface area contributed by atoms with Crippen LogP contribution in [0.1, 0.15) is 57.0 Å². The second kappa shape index (κ2) is 13.9. The highest BCUT2D eigenvalue weighted by molar-refractivity contribution is 5.97. The van der Waals surface area contributed by atoms with Crippen molar-refractivity contribution in [2.24, 2.45) is 5.92 Å². The molecule has 11 nitrogen and oxygen atoms in total. The Morgan fingerprint density at radius 2 is 1.51 bits per heavy atom. The van der Waals surface area contributed by atoms with Gasteiger partial charge < -0.3 is 26.0 Å². The highest BCUT2D eigenvalue weighted by Gasteiger charge is 2.30. The van der Waals surface area contributed by atoms with Crippen molar-refractivity contribution in [2.75, 3.05) is 6.54 Å². The van der Waals surface area contributed by atoms with Crippen molar-refractivity contribution in [3.63, 3.8) is 0 Å². The third kappa shape index (κ3) is 10.6. The number of carbonyl (C=O) groups is 4. The van der Waals surface area contributed by atoms with Gasteiger partial charge in [-0.1, -0.05) is 13.8 Å². The predicted molar refractivity (Wildman–Crippen MR) is 137 cm³/mol. The first kappa shape index (κ1) is 29.2. The van der Waals surface area contributed by atoms with E-state index in [-0.39, 0.29) is 42.8 Å². The van der Waals surface area contributed by atoms with Crippen molar-refractivity contribution in [3.8, 4) is 0 Å². The average molecular weight is 513 g/mol. The molecule has 0 aromatic carbocycles. The van der Waals surface area contributed by atoms with Gasteiger partial charge in [0.2, 0.25) is 11.8 Å². The summed E-state index contributed by atoms with van der Waals surface area (Å²) in [4.78, 5) is 57.4. The van der Waals surface area contributed by atoms with Gasteiger partial charge in [0.15, 0.2) is 0 Å². The Kier molecular flexibility index (Phi) is 11.0. The van der Waals surface area contributed by atoms with Crippen molar-refractivity contribution in [1.82, 2.24) is 31.2 Å². The third-order valence-corrected chi connectivity index (χ3v) is 5.38. The fraction of sp³-hybridized carbons (Fsp3) is 0.462. The Hall–Kier alpha value is -4.02. The molecule has 0 bridgehead atoms. The zero-order chi connectivity index (χ0) is 27.4. The zero-order valence-corrected chi connectivity index (χ0v) is 21.9. The molecule has 2 atom stereocenters. The minimum absolute atomic E-state index is 0.0701. The van der Waals surface area contributed by atoms with Crippen LogP contribution < -0.4 is 21.3 Å². The number of hydrogen-bond acceptors (Lipinski definition) is 7. The van der Waals surface area contributed by atoms with Gasteiger partial charge in [-0.05, 0) is 62.9 Å². The Labute approximate surface area is 217 Å². The lowest BCUT2D eigenvalue weighted by Gasteiger charge is -2.32. The SMILES string of the molecule is CC(CC(C)(C)NC(=O)C(NC(=O)c1ccncc1)C(C)C)NC(=O)CNC(=O)OCc1ccncc1. The summed E-state index contributed by atoms with van der Waals surface area (Å²) < 4.78 is 5.07. The molecule has 0 saturated carbocycles. The van der Waals surface area contributed by atoms with Crippen LogP contribution in [0.15, 0.2) is 49.1 Å². The van der Waals surface area contributed by atoms with E-state index in [4.69, 9.17) is 4.74 Å². The van der Waals surface area contributed by atoms with Crippen molar-refractivity contribution in [2.45, 2.75) is 65.3 Å². The van der Waals surface area contributed by atoms with E-state index in [0.717, 1.165) is 5.56 Å². The maximum absolute atomic E-state index is 13.0. The van der Waals surface area contributed by atoms with Crippen LogP contribution in [0.25, 0.3) is 0 Å². The molecule has 2 aromatic rings. The molecule has 4 amide bonds. The monoisotopic (exact) mass is 512 g/mol. The molecule has 37 heavy (non-hydrogen) atoms. The predicted octanol–water partition coefficient (Wildman–Crippen LogP) is 1.95. The largest absolute Gasteiger partial charge is 0.445 e. The van der Waals surface area contributed by atoms with Crippen LogP contribution in [0, 0.1) is 5.92 Å². The van der Waals surface area contributed by atoms with Crippen LogP contribution in [0.5, 0.6) is 0 Å². The lowest BCUT2D eigenvalue weighted by Crippen LogP contribution is -2.56. The minimum Gasteiger partial charge on any atom is -0.445 e. The Balaban J connectivity index is 1.79. The standard InChI is InChI=1S/C26H36N6O5/c1-17(2)22(31-23(34)20-8-12-28-13-9-20)24(35)32-26(4,5)14-18(3)30-21(33)15-29-25(36)37-16-19-6-10-27-11-7-19/h6-13,17-18,22H,14-16H2,1-5H3,(H,29,36)(H,30,33)(H,31,34)(H,32,35). The molecule has 2 rings (SSSR count). The van der Waals surface area contributed by atoms with E-state index in [1.807, 2.05) is 27.7 Å². The number of rotatable bonds is 12. The fourth-order valence-corrected chi connectivity index (χ4v) is 3.70. The molecule has 11 heteroatoms. The number of amides is 4. The number of alkyl carbamates (subject to hydrolysis) is 1. The number of hydrogen-bond donors (Lipinski definition) is 4. The number of carbonyl (C=O) groups excluding carboxylic acids is 4.